The van der Waals surface area contributed by atoms with E-state index in [1.165, 1.54) is 0 Å². The first-order valence-corrected chi connectivity index (χ1v) is 8.57. The molecule has 0 aliphatic carbocycles. The number of rotatable bonds is 9. The Balaban J connectivity index is 2.44. The van der Waals surface area contributed by atoms with Crippen LogP contribution in [0.2, 0.25) is 0 Å². The minimum atomic E-state index is -0.536. The van der Waals surface area contributed by atoms with E-state index in [1.807, 2.05) is 20.8 Å². The van der Waals surface area contributed by atoms with E-state index < -0.39 is 5.60 Å². The molecule has 6 heteroatoms. The van der Waals surface area contributed by atoms with E-state index in [0.717, 1.165) is 6.42 Å². The number of benzene rings is 1. The number of hydrogen-bond acceptors (Lipinski definition) is 5. The lowest BCUT2D eigenvalue weighted by Crippen LogP contribution is -2.38. The average molecular weight is 348 g/mol. The molecule has 1 N–H and O–H groups in total. The van der Waals surface area contributed by atoms with Crippen LogP contribution in [0, 0.1) is 11.3 Å². The third-order valence-electron chi connectivity index (χ3n) is 3.31. The summed E-state index contributed by atoms with van der Waals surface area (Å²) in [6, 6.07) is 8.98. The maximum Gasteiger partial charge on any atom is 0.410 e. The van der Waals surface area contributed by atoms with Crippen molar-refractivity contribution in [3.63, 3.8) is 0 Å². The van der Waals surface area contributed by atoms with E-state index in [2.05, 4.69) is 6.07 Å². The molecule has 0 heterocycles. The number of nitriles is 1. The van der Waals surface area contributed by atoms with Crippen molar-refractivity contribution < 1.29 is 19.4 Å². The fourth-order valence-electron chi connectivity index (χ4n) is 2.11. The molecule has 1 aromatic carbocycles. The van der Waals surface area contributed by atoms with Gasteiger partial charge in [-0.05, 0) is 64.3 Å². The summed E-state index contributed by atoms with van der Waals surface area (Å²) in [4.78, 5) is 13.9. The van der Waals surface area contributed by atoms with Crippen LogP contribution in [0.25, 0.3) is 0 Å². The molecule has 0 bridgehead atoms. The number of aliphatic hydroxyl groups excluding tert-OH is 1. The van der Waals surface area contributed by atoms with Gasteiger partial charge in [0.25, 0.3) is 0 Å². The number of nitrogens with zero attached hydrogens (tertiary/aromatic N) is 2. The van der Waals surface area contributed by atoms with Gasteiger partial charge in [0.2, 0.25) is 0 Å². The summed E-state index contributed by atoms with van der Waals surface area (Å²) in [5.41, 5.74) is 0.0537. The number of hydrogen-bond donors (Lipinski definition) is 1. The summed E-state index contributed by atoms with van der Waals surface area (Å²) in [5.74, 6) is 0.697. The number of ether oxygens (including phenoxy) is 2. The Hall–Kier alpha value is -2.26. The van der Waals surface area contributed by atoms with Crippen molar-refractivity contribution in [2.24, 2.45) is 0 Å². The van der Waals surface area contributed by atoms with Crippen LogP contribution in [-0.4, -0.2) is 48.0 Å². The molecule has 0 aliphatic heterocycles. The van der Waals surface area contributed by atoms with E-state index in [9.17, 15) is 4.79 Å². The Morgan fingerprint density at radius 2 is 1.80 bits per heavy atom. The van der Waals surface area contributed by atoms with E-state index >= 15 is 0 Å². The predicted molar refractivity (Wildman–Crippen MR) is 95.4 cm³/mol. The minimum absolute atomic E-state index is 0.115. The van der Waals surface area contributed by atoms with Gasteiger partial charge >= 0.3 is 6.09 Å². The van der Waals surface area contributed by atoms with E-state index in [1.54, 1.807) is 29.2 Å². The Morgan fingerprint density at radius 3 is 2.36 bits per heavy atom. The van der Waals surface area contributed by atoms with Crippen molar-refractivity contribution in [1.82, 2.24) is 4.90 Å². The molecular formula is C19H28N2O4. The molecule has 0 saturated carbocycles. The van der Waals surface area contributed by atoms with Crippen molar-refractivity contribution in [3.8, 4) is 11.8 Å². The zero-order valence-corrected chi connectivity index (χ0v) is 15.3. The second-order valence-corrected chi connectivity index (χ2v) is 6.74. The van der Waals surface area contributed by atoms with Crippen LogP contribution in [0.5, 0.6) is 5.75 Å². The quantitative estimate of drug-likeness (QED) is 0.692. The molecule has 0 atom stereocenters. The van der Waals surface area contributed by atoms with Gasteiger partial charge in [0, 0.05) is 19.7 Å². The number of amides is 1. The van der Waals surface area contributed by atoms with Gasteiger partial charge < -0.3 is 19.5 Å². The lowest BCUT2D eigenvalue weighted by Gasteiger charge is -2.27. The summed E-state index contributed by atoms with van der Waals surface area (Å²) in [6.07, 6.45) is 1.70. The number of carbonyl (C=O) groups is 1. The highest BCUT2D eigenvalue weighted by Crippen LogP contribution is 2.13. The molecule has 25 heavy (non-hydrogen) atoms. The van der Waals surface area contributed by atoms with Crippen LogP contribution in [0.1, 0.15) is 45.6 Å². The molecule has 6 nitrogen and oxygen atoms in total. The number of aliphatic hydroxyl groups is 1. The molecule has 1 rings (SSSR count). The first-order valence-electron chi connectivity index (χ1n) is 8.57. The van der Waals surface area contributed by atoms with Gasteiger partial charge in [-0.15, -0.1) is 0 Å². The standard InChI is InChI=1S/C19H28N2O4/c1-19(2,3)25-18(23)21(11-4-5-13-22)12-6-14-24-17-9-7-16(15-20)8-10-17/h7-10,22H,4-6,11-14H2,1-3H3. The number of unbranched alkanes of at least 4 members (excludes halogenated alkanes) is 1. The molecule has 0 fully saturated rings. The predicted octanol–water partition coefficient (Wildman–Crippen LogP) is 3.34. The topological polar surface area (TPSA) is 82.8 Å². The molecule has 0 unspecified atom stereocenters. The molecule has 0 aromatic heterocycles. The van der Waals surface area contributed by atoms with Crippen LogP contribution in [0.4, 0.5) is 4.79 Å². The molecule has 0 radical (unpaired) electrons. The van der Waals surface area contributed by atoms with Gasteiger partial charge in [-0.2, -0.15) is 5.26 Å². The smallest absolute Gasteiger partial charge is 0.410 e. The monoisotopic (exact) mass is 348 g/mol. The van der Waals surface area contributed by atoms with Crippen LogP contribution < -0.4 is 4.74 Å². The number of carbonyl (C=O) groups excluding carboxylic acids is 1. The van der Waals surface area contributed by atoms with Gasteiger partial charge in [-0.3, -0.25) is 0 Å². The molecular weight excluding hydrogens is 320 g/mol. The lowest BCUT2D eigenvalue weighted by molar-refractivity contribution is 0.0236. The van der Waals surface area contributed by atoms with Crippen LogP contribution >= 0.6 is 0 Å². The van der Waals surface area contributed by atoms with Crippen molar-refractivity contribution in [2.45, 2.75) is 45.6 Å². The molecule has 138 valence electrons. The molecule has 0 spiro atoms. The molecule has 1 amide bonds. The zero-order chi connectivity index (χ0) is 18.7. The third-order valence-corrected chi connectivity index (χ3v) is 3.31. The average Bonchev–Trinajstić information content (AvgIpc) is 2.56. The highest BCUT2D eigenvalue weighted by atomic mass is 16.6. The van der Waals surface area contributed by atoms with Crippen molar-refractivity contribution in [2.75, 3.05) is 26.3 Å². The summed E-state index contributed by atoms with van der Waals surface area (Å²) in [7, 11) is 0. The van der Waals surface area contributed by atoms with Crippen LogP contribution in [-0.2, 0) is 4.74 Å². The zero-order valence-electron chi connectivity index (χ0n) is 15.3. The van der Waals surface area contributed by atoms with Crippen molar-refractivity contribution in [3.05, 3.63) is 29.8 Å². The fourth-order valence-corrected chi connectivity index (χ4v) is 2.11. The second kappa shape index (κ2) is 10.6. The van der Waals surface area contributed by atoms with E-state index in [-0.39, 0.29) is 12.7 Å². The van der Waals surface area contributed by atoms with E-state index in [0.29, 0.717) is 43.9 Å². The third kappa shape index (κ3) is 8.96. The Kier molecular flexibility index (Phi) is 8.79. The Labute approximate surface area is 150 Å². The van der Waals surface area contributed by atoms with Gasteiger partial charge in [-0.1, -0.05) is 0 Å². The lowest BCUT2D eigenvalue weighted by atomic mass is 10.2. The maximum atomic E-state index is 12.3. The van der Waals surface area contributed by atoms with Gasteiger partial charge in [0.05, 0.1) is 18.2 Å². The summed E-state index contributed by atoms with van der Waals surface area (Å²) < 4.78 is 11.1. The highest BCUT2D eigenvalue weighted by molar-refractivity contribution is 5.68. The van der Waals surface area contributed by atoms with Gasteiger partial charge in [0.15, 0.2) is 0 Å². The van der Waals surface area contributed by atoms with Crippen molar-refractivity contribution >= 4 is 6.09 Å². The largest absolute Gasteiger partial charge is 0.494 e. The summed E-state index contributed by atoms with van der Waals surface area (Å²) in [6.45, 7) is 7.17. The maximum absolute atomic E-state index is 12.3. The normalized spacial score (nSPS) is 10.8. The van der Waals surface area contributed by atoms with Crippen molar-refractivity contribution in [1.29, 1.82) is 5.26 Å². The molecule has 1 aromatic rings. The second-order valence-electron chi connectivity index (χ2n) is 6.74. The Morgan fingerprint density at radius 1 is 1.16 bits per heavy atom. The Bertz CT molecular complexity index is 558. The first kappa shape index (κ1) is 20.8. The SMILES string of the molecule is CC(C)(C)OC(=O)N(CCCCO)CCCOc1ccc(C#N)cc1. The summed E-state index contributed by atoms with van der Waals surface area (Å²) in [5, 5.41) is 17.7. The molecule has 0 saturated heterocycles. The summed E-state index contributed by atoms with van der Waals surface area (Å²) >= 11 is 0. The van der Waals surface area contributed by atoms with Gasteiger partial charge in [-0.25, -0.2) is 4.79 Å². The van der Waals surface area contributed by atoms with Crippen LogP contribution in [0.3, 0.4) is 0 Å². The minimum Gasteiger partial charge on any atom is -0.494 e. The first-order chi connectivity index (χ1) is 11.9. The highest BCUT2D eigenvalue weighted by Gasteiger charge is 2.21. The van der Waals surface area contributed by atoms with Gasteiger partial charge in [0.1, 0.15) is 11.4 Å². The van der Waals surface area contributed by atoms with E-state index in [4.69, 9.17) is 19.8 Å². The van der Waals surface area contributed by atoms with Crippen LogP contribution in [0.15, 0.2) is 24.3 Å². The molecule has 0 aliphatic rings. The fraction of sp³-hybridized carbons (Fsp3) is 0.579.